The maximum absolute atomic E-state index is 12.1. The van der Waals surface area contributed by atoms with Gasteiger partial charge in [0, 0.05) is 29.7 Å². The van der Waals surface area contributed by atoms with E-state index in [0.717, 1.165) is 5.56 Å². The van der Waals surface area contributed by atoms with Crippen LogP contribution in [0.5, 0.6) is 5.88 Å². The fourth-order valence-electron chi connectivity index (χ4n) is 2.27. The number of rotatable bonds is 8. The third-order valence-electron chi connectivity index (χ3n) is 3.52. The van der Waals surface area contributed by atoms with Gasteiger partial charge in [-0.3, -0.25) is 0 Å². The number of amides is 2. The predicted octanol–water partition coefficient (Wildman–Crippen LogP) is 2.64. The lowest BCUT2D eigenvalue weighted by Gasteiger charge is -2.23. The Morgan fingerprint density at radius 2 is 2.17 bits per heavy atom. The quantitative estimate of drug-likeness (QED) is 0.770. The van der Waals surface area contributed by atoms with Crippen LogP contribution in [-0.2, 0) is 6.54 Å². The monoisotopic (exact) mass is 348 g/mol. The largest absolute Gasteiger partial charge is 0.478 e. The molecule has 0 saturated carbocycles. The Bertz CT molecular complexity index is 631. The molecule has 0 aliphatic heterocycles. The number of carbonyl (C=O) groups excluding carboxylic acids is 1. The Balaban J connectivity index is 1.85. The van der Waals surface area contributed by atoms with Gasteiger partial charge in [-0.25, -0.2) is 9.78 Å². The molecule has 2 amide bonds. The van der Waals surface area contributed by atoms with Gasteiger partial charge in [0.2, 0.25) is 5.88 Å². The molecule has 2 aromatic heterocycles. The summed E-state index contributed by atoms with van der Waals surface area (Å²) in [5.74, 6) is 0.560. The van der Waals surface area contributed by atoms with Gasteiger partial charge in [0.25, 0.3) is 0 Å². The zero-order valence-corrected chi connectivity index (χ0v) is 15.1. The second kappa shape index (κ2) is 9.24. The molecule has 1 atom stereocenters. The van der Waals surface area contributed by atoms with Gasteiger partial charge >= 0.3 is 6.03 Å². The van der Waals surface area contributed by atoms with E-state index < -0.39 is 0 Å². The molecule has 24 heavy (non-hydrogen) atoms. The highest BCUT2D eigenvalue weighted by Gasteiger charge is 2.16. The first-order valence-electron chi connectivity index (χ1n) is 7.90. The van der Waals surface area contributed by atoms with Crippen LogP contribution < -0.4 is 15.4 Å². The van der Waals surface area contributed by atoms with Gasteiger partial charge in [-0.05, 0) is 38.5 Å². The molecule has 0 fully saturated rings. The summed E-state index contributed by atoms with van der Waals surface area (Å²) in [6.07, 6.45) is 1.68. The van der Waals surface area contributed by atoms with Crippen molar-refractivity contribution in [2.75, 3.05) is 27.2 Å². The van der Waals surface area contributed by atoms with E-state index in [1.54, 1.807) is 17.5 Å². The highest BCUT2D eigenvalue weighted by Crippen LogP contribution is 2.22. The molecule has 2 heterocycles. The number of likely N-dealkylation sites (N-methyl/N-ethyl adjacent to an activating group) is 1. The summed E-state index contributed by atoms with van der Waals surface area (Å²) >= 11 is 1.69. The van der Waals surface area contributed by atoms with Crippen LogP contribution in [0.3, 0.4) is 0 Å². The average Bonchev–Trinajstić information content (AvgIpc) is 3.08. The normalized spacial score (nSPS) is 12.0. The third-order valence-corrected chi connectivity index (χ3v) is 4.49. The molecule has 0 aliphatic rings. The van der Waals surface area contributed by atoms with E-state index in [0.29, 0.717) is 25.6 Å². The Kier molecular flexibility index (Phi) is 7.02. The van der Waals surface area contributed by atoms with Gasteiger partial charge in [0.05, 0.1) is 12.6 Å². The van der Waals surface area contributed by atoms with Gasteiger partial charge in [0.1, 0.15) is 0 Å². The number of hydrogen-bond acceptors (Lipinski definition) is 5. The molecular weight excluding hydrogens is 324 g/mol. The van der Waals surface area contributed by atoms with E-state index in [1.807, 2.05) is 44.6 Å². The third kappa shape index (κ3) is 5.21. The highest BCUT2D eigenvalue weighted by atomic mass is 32.1. The van der Waals surface area contributed by atoms with Crippen LogP contribution in [0.2, 0.25) is 0 Å². The molecule has 130 valence electrons. The second-order valence-corrected chi connectivity index (χ2v) is 6.44. The van der Waals surface area contributed by atoms with Gasteiger partial charge in [-0.15, -0.1) is 11.3 Å². The van der Waals surface area contributed by atoms with Crippen molar-refractivity contribution < 1.29 is 9.53 Å². The van der Waals surface area contributed by atoms with Gasteiger partial charge in [-0.2, -0.15) is 0 Å². The number of hydrogen-bond donors (Lipinski definition) is 2. The molecule has 2 rings (SSSR count). The topological polar surface area (TPSA) is 66.5 Å². The second-order valence-electron chi connectivity index (χ2n) is 5.46. The molecule has 2 N–H and O–H groups in total. The molecule has 0 saturated heterocycles. The molecule has 0 aromatic carbocycles. The van der Waals surface area contributed by atoms with E-state index in [9.17, 15) is 4.79 Å². The maximum Gasteiger partial charge on any atom is 0.315 e. The number of carbonyl (C=O) groups is 1. The van der Waals surface area contributed by atoms with E-state index >= 15 is 0 Å². The summed E-state index contributed by atoms with van der Waals surface area (Å²) < 4.78 is 5.46. The van der Waals surface area contributed by atoms with Crippen molar-refractivity contribution in [1.82, 2.24) is 20.5 Å². The number of nitrogens with zero attached hydrogens (tertiary/aromatic N) is 2. The minimum atomic E-state index is -0.204. The highest BCUT2D eigenvalue weighted by molar-refractivity contribution is 7.10. The summed E-state index contributed by atoms with van der Waals surface area (Å²) in [7, 11) is 4.02. The molecule has 1 unspecified atom stereocenters. The molecule has 0 aliphatic carbocycles. The molecule has 0 spiro atoms. The minimum absolute atomic E-state index is 0.160. The summed E-state index contributed by atoms with van der Waals surface area (Å²) in [6, 6.07) is 7.79. The van der Waals surface area contributed by atoms with Crippen LogP contribution in [0.4, 0.5) is 4.79 Å². The molecule has 0 bridgehead atoms. The average molecular weight is 348 g/mol. The molecule has 0 radical (unpaired) electrons. The molecule has 2 aromatic rings. The van der Waals surface area contributed by atoms with Crippen LogP contribution in [0, 0.1) is 0 Å². The number of aromatic nitrogens is 1. The summed E-state index contributed by atoms with van der Waals surface area (Å²) in [5.41, 5.74) is 0.858. The van der Waals surface area contributed by atoms with E-state index in [4.69, 9.17) is 4.74 Å². The predicted molar refractivity (Wildman–Crippen MR) is 96.4 cm³/mol. The standard InChI is InChI=1S/C17H24N4O2S/c1-4-23-16-13(7-5-9-18-16)11-19-17(22)20-12-14(21(2)3)15-8-6-10-24-15/h5-10,14H,4,11-12H2,1-3H3,(H2,19,20,22). The van der Waals surface area contributed by atoms with Gasteiger partial charge < -0.3 is 20.3 Å². The summed E-state index contributed by atoms with van der Waals surface area (Å²) in [4.78, 5) is 19.6. The van der Waals surface area contributed by atoms with Crippen molar-refractivity contribution in [2.45, 2.75) is 19.5 Å². The van der Waals surface area contributed by atoms with E-state index in [2.05, 4.69) is 26.6 Å². The molecule has 6 nitrogen and oxygen atoms in total. The number of urea groups is 1. The lowest BCUT2D eigenvalue weighted by atomic mass is 10.2. The number of ether oxygens (including phenoxy) is 1. The minimum Gasteiger partial charge on any atom is -0.478 e. The zero-order chi connectivity index (χ0) is 17.4. The maximum atomic E-state index is 12.1. The molecule has 7 heteroatoms. The smallest absolute Gasteiger partial charge is 0.315 e. The van der Waals surface area contributed by atoms with E-state index in [1.165, 1.54) is 4.88 Å². The first kappa shape index (κ1) is 18.2. The van der Waals surface area contributed by atoms with Crippen LogP contribution >= 0.6 is 11.3 Å². The summed E-state index contributed by atoms with van der Waals surface area (Å²) in [6.45, 7) is 3.37. The number of thiophene rings is 1. The first-order chi connectivity index (χ1) is 11.6. The Labute approximate surface area is 146 Å². The van der Waals surface area contributed by atoms with Gasteiger partial charge in [-0.1, -0.05) is 12.1 Å². The lowest BCUT2D eigenvalue weighted by molar-refractivity contribution is 0.232. The van der Waals surface area contributed by atoms with Crippen molar-refractivity contribution >= 4 is 17.4 Å². The van der Waals surface area contributed by atoms with Crippen molar-refractivity contribution in [2.24, 2.45) is 0 Å². The van der Waals surface area contributed by atoms with Gasteiger partial charge in [0.15, 0.2) is 0 Å². The summed E-state index contributed by atoms with van der Waals surface area (Å²) in [5, 5.41) is 7.83. The van der Waals surface area contributed by atoms with Crippen molar-refractivity contribution in [3.05, 3.63) is 46.3 Å². The van der Waals surface area contributed by atoms with Crippen LogP contribution in [-0.4, -0.2) is 43.2 Å². The Hall–Kier alpha value is -2.12. The Morgan fingerprint density at radius 1 is 1.33 bits per heavy atom. The van der Waals surface area contributed by atoms with Crippen molar-refractivity contribution in [3.8, 4) is 5.88 Å². The Morgan fingerprint density at radius 3 is 2.83 bits per heavy atom. The van der Waals surface area contributed by atoms with Crippen LogP contribution in [0.15, 0.2) is 35.8 Å². The fraction of sp³-hybridized carbons (Fsp3) is 0.412. The number of pyridine rings is 1. The molecular formula is C17H24N4O2S. The number of nitrogens with one attached hydrogen (secondary N) is 2. The van der Waals surface area contributed by atoms with Crippen molar-refractivity contribution in [3.63, 3.8) is 0 Å². The fourth-order valence-corrected chi connectivity index (χ4v) is 3.19. The zero-order valence-electron chi connectivity index (χ0n) is 14.3. The van der Waals surface area contributed by atoms with E-state index in [-0.39, 0.29) is 12.1 Å². The van der Waals surface area contributed by atoms with Crippen molar-refractivity contribution in [1.29, 1.82) is 0 Å². The SMILES string of the molecule is CCOc1ncccc1CNC(=O)NCC(c1cccs1)N(C)C. The van der Waals surface area contributed by atoms with Crippen LogP contribution in [0.25, 0.3) is 0 Å². The lowest BCUT2D eigenvalue weighted by Crippen LogP contribution is -2.40. The first-order valence-corrected chi connectivity index (χ1v) is 8.78. The van der Waals surface area contributed by atoms with Crippen LogP contribution in [0.1, 0.15) is 23.4 Å².